The molecule has 2 aliphatic rings. The lowest BCUT2D eigenvalue weighted by molar-refractivity contribution is 0.383. The number of rotatable bonds is 4. The fraction of sp³-hybridized carbons (Fsp3) is 0.571. The van der Waals surface area contributed by atoms with Gasteiger partial charge < -0.3 is 4.74 Å². The summed E-state index contributed by atoms with van der Waals surface area (Å²) in [6.45, 7) is 0. The van der Waals surface area contributed by atoms with Gasteiger partial charge in [0, 0.05) is 12.1 Å². The van der Waals surface area contributed by atoms with Crippen LogP contribution in [0.3, 0.4) is 0 Å². The number of nitrogens with one attached hydrogen (secondary N) is 1. The van der Waals surface area contributed by atoms with Crippen molar-refractivity contribution in [3.8, 4) is 5.75 Å². The van der Waals surface area contributed by atoms with Gasteiger partial charge in [0.05, 0.1) is 12.0 Å². The van der Waals surface area contributed by atoms with Gasteiger partial charge in [0.1, 0.15) is 0 Å². The molecule has 2 bridgehead atoms. The van der Waals surface area contributed by atoms with Crippen molar-refractivity contribution < 1.29 is 17.5 Å². The van der Waals surface area contributed by atoms with Crippen molar-refractivity contribution in [3.05, 3.63) is 24.0 Å². The summed E-state index contributed by atoms with van der Waals surface area (Å²) in [5.74, 6) is 0.500. The number of sulfonamides is 1. The largest absolute Gasteiger partial charge is 0.494 e. The fourth-order valence-corrected chi connectivity index (χ4v) is 4.80. The summed E-state index contributed by atoms with van der Waals surface area (Å²) in [5.41, 5.74) is 0. The van der Waals surface area contributed by atoms with Crippen molar-refractivity contribution >= 4 is 10.0 Å². The Balaban J connectivity index is 1.81. The number of methoxy groups -OCH3 is 1. The first-order chi connectivity index (χ1) is 9.49. The first kappa shape index (κ1) is 13.8. The molecule has 0 saturated heterocycles. The molecule has 1 N–H and O–H groups in total. The van der Waals surface area contributed by atoms with Gasteiger partial charge in [-0.2, -0.15) is 0 Å². The predicted octanol–water partition coefficient (Wildman–Crippen LogP) is 2.30. The van der Waals surface area contributed by atoms with Crippen LogP contribution in [0.15, 0.2) is 23.1 Å². The molecule has 0 aliphatic heterocycles. The molecular formula is C14H18FNO3S. The van der Waals surface area contributed by atoms with Crippen molar-refractivity contribution in [2.75, 3.05) is 7.11 Å². The molecule has 1 aromatic carbocycles. The van der Waals surface area contributed by atoms with Crippen molar-refractivity contribution in [3.63, 3.8) is 0 Å². The van der Waals surface area contributed by atoms with E-state index < -0.39 is 15.8 Å². The Kier molecular flexibility index (Phi) is 3.46. The van der Waals surface area contributed by atoms with E-state index in [1.807, 2.05) is 0 Å². The molecule has 2 saturated carbocycles. The second-order valence-corrected chi connectivity index (χ2v) is 7.41. The minimum Gasteiger partial charge on any atom is -0.494 e. The van der Waals surface area contributed by atoms with Crippen LogP contribution in [-0.2, 0) is 10.0 Å². The van der Waals surface area contributed by atoms with E-state index in [0.29, 0.717) is 11.8 Å². The van der Waals surface area contributed by atoms with Gasteiger partial charge >= 0.3 is 0 Å². The highest BCUT2D eigenvalue weighted by atomic mass is 32.2. The molecule has 0 spiro atoms. The Labute approximate surface area is 118 Å². The number of fused-ring (bicyclic) bond motifs is 2. The molecule has 6 heteroatoms. The van der Waals surface area contributed by atoms with E-state index >= 15 is 0 Å². The van der Waals surface area contributed by atoms with Gasteiger partial charge in [-0.15, -0.1) is 0 Å². The van der Waals surface area contributed by atoms with Crippen LogP contribution in [-0.4, -0.2) is 21.6 Å². The Bertz CT molecular complexity index is 617. The minimum atomic E-state index is -3.61. The van der Waals surface area contributed by atoms with Crippen LogP contribution in [0.25, 0.3) is 0 Å². The molecular weight excluding hydrogens is 281 g/mol. The highest BCUT2D eigenvalue weighted by molar-refractivity contribution is 7.89. The molecule has 0 unspecified atom stereocenters. The van der Waals surface area contributed by atoms with Crippen LogP contribution < -0.4 is 9.46 Å². The maximum atomic E-state index is 13.3. The van der Waals surface area contributed by atoms with Gasteiger partial charge in [0.25, 0.3) is 0 Å². The molecule has 0 aromatic heterocycles. The smallest absolute Gasteiger partial charge is 0.240 e. The van der Waals surface area contributed by atoms with Crippen molar-refractivity contribution in [1.29, 1.82) is 0 Å². The second-order valence-electron chi connectivity index (χ2n) is 5.70. The number of hydrogen-bond acceptors (Lipinski definition) is 3. The lowest BCUT2D eigenvalue weighted by atomic mass is 9.96. The maximum absolute atomic E-state index is 13.3. The number of ether oxygens (including phenoxy) is 1. The lowest BCUT2D eigenvalue weighted by Gasteiger charge is -2.22. The van der Waals surface area contributed by atoms with E-state index in [9.17, 15) is 12.8 Å². The van der Waals surface area contributed by atoms with Crippen molar-refractivity contribution in [2.24, 2.45) is 11.8 Å². The third-order valence-electron chi connectivity index (χ3n) is 4.48. The number of benzene rings is 1. The summed E-state index contributed by atoms with van der Waals surface area (Å²) in [7, 11) is -2.29. The molecule has 1 aromatic rings. The monoisotopic (exact) mass is 299 g/mol. The summed E-state index contributed by atoms with van der Waals surface area (Å²) >= 11 is 0. The van der Waals surface area contributed by atoms with Gasteiger partial charge in [0.2, 0.25) is 10.0 Å². The van der Waals surface area contributed by atoms with Crippen LogP contribution >= 0.6 is 0 Å². The average molecular weight is 299 g/mol. The highest BCUT2D eigenvalue weighted by Gasteiger charge is 2.41. The summed E-state index contributed by atoms with van der Waals surface area (Å²) in [4.78, 5) is 0.0542. The van der Waals surface area contributed by atoms with Crippen LogP contribution in [0.2, 0.25) is 0 Å². The normalized spacial score (nSPS) is 28.8. The Morgan fingerprint density at radius 3 is 2.70 bits per heavy atom. The zero-order valence-electron chi connectivity index (χ0n) is 11.3. The highest BCUT2D eigenvalue weighted by Crippen LogP contribution is 2.44. The third-order valence-corrected chi connectivity index (χ3v) is 5.97. The second kappa shape index (κ2) is 5.00. The average Bonchev–Trinajstić information content (AvgIpc) is 3.00. The minimum absolute atomic E-state index is 0.0230. The first-order valence-corrected chi connectivity index (χ1v) is 8.34. The van der Waals surface area contributed by atoms with E-state index in [2.05, 4.69) is 4.72 Å². The Morgan fingerprint density at radius 2 is 2.10 bits per heavy atom. The zero-order valence-corrected chi connectivity index (χ0v) is 12.1. The molecule has 0 amide bonds. The third kappa shape index (κ3) is 2.42. The summed E-state index contributed by atoms with van der Waals surface area (Å²) in [5, 5.41) is 0. The molecule has 110 valence electrons. The maximum Gasteiger partial charge on any atom is 0.240 e. The quantitative estimate of drug-likeness (QED) is 0.928. The molecule has 20 heavy (non-hydrogen) atoms. The van der Waals surface area contributed by atoms with E-state index in [4.69, 9.17) is 4.74 Å². The van der Waals surface area contributed by atoms with Gasteiger partial charge in [-0.25, -0.2) is 17.5 Å². The van der Waals surface area contributed by atoms with Gasteiger partial charge in [-0.1, -0.05) is 6.42 Å². The van der Waals surface area contributed by atoms with Crippen LogP contribution in [0, 0.1) is 17.7 Å². The topological polar surface area (TPSA) is 55.4 Å². The van der Waals surface area contributed by atoms with Crippen LogP contribution in [0.4, 0.5) is 4.39 Å². The Morgan fingerprint density at radius 1 is 1.30 bits per heavy atom. The summed E-state index contributed by atoms with van der Waals surface area (Å²) < 4.78 is 45.7. The van der Waals surface area contributed by atoms with E-state index in [-0.39, 0.29) is 16.7 Å². The molecule has 4 nitrogen and oxygen atoms in total. The molecule has 2 aliphatic carbocycles. The predicted molar refractivity (Wildman–Crippen MR) is 72.5 cm³/mol. The summed E-state index contributed by atoms with van der Waals surface area (Å²) in [6.07, 6.45) is 4.36. The lowest BCUT2D eigenvalue weighted by Crippen LogP contribution is -2.38. The summed E-state index contributed by atoms with van der Waals surface area (Å²) in [6, 6.07) is 3.64. The van der Waals surface area contributed by atoms with Crippen molar-refractivity contribution in [1.82, 2.24) is 4.72 Å². The molecule has 3 atom stereocenters. The van der Waals surface area contributed by atoms with E-state index in [0.717, 1.165) is 25.3 Å². The molecule has 3 rings (SSSR count). The SMILES string of the molecule is COc1cc(S(=O)(=O)N[C@@H]2C[C@H]3CC[C@H]2C3)ccc1F. The standard InChI is InChI=1S/C14H18FNO3S/c1-19-14-8-11(4-5-12(14)15)20(17,18)16-13-7-9-2-3-10(13)6-9/h4-5,8-10,13,16H,2-3,6-7H2,1H3/t9-,10-,13+/m0/s1. The van der Waals surface area contributed by atoms with Gasteiger partial charge in [0.15, 0.2) is 11.6 Å². The number of halogens is 1. The fourth-order valence-electron chi connectivity index (χ4n) is 3.46. The van der Waals surface area contributed by atoms with E-state index in [1.165, 1.54) is 25.7 Å². The molecule has 2 fully saturated rings. The first-order valence-electron chi connectivity index (χ1n) is 6.85. The number of hydrogen-bond donors (Lipinski definition) is 1. The van der Waals surface area contributed by atoms with Crippen LogP contribution in [0.5, 0.6) is 5.75 Å². The zero-order chi connectivity index (χ0) is 14.3. The van der Waals surface area contributed by atoms with Crippen molar-refractivity contribution in [2.45, 2.75) is 36.6 Å². The van der Waals surface area contributed by atoms with Crippen LogP contribution in [0.1, 0.15) is 25.7 Å². The van der Waals surface area contributed by atoms with E-state index in [1.54, 1.807) is 0 Å². The van der Waals surface area contributed by atoms with Gasteiger partial charge in [-0.05, 0) is 43.2 Å². The molecule has 0 radical (unpaired) electrons. The Hall–Kier alpha value is -1.14. The van der Waals surface area contributed by atoms with Gasteiger partial charge in [-0.3, -0.25) is 0 Å². The molecule has 0 heterocycles.